The van der Waals surface area contributed by atoms with Crippen LogP contribution >= 0.6 is 0 Å². The summed E-state index contributed by atoms with van der Waals surface area (Å²) in [6.45, 7) is 2.80. The fourth-order valence-electron chi connectivity index (χ4n) is 3.33. The normalized spacial score (nSPS) is 16.9. The minimum atomic E-state index is -0.302. The van der Waals surface area contributed by atoms with Crippen LogP contribution in [0.3, 0.4) is 0 Å². The minimum Gasteiger partial charge on any atom is -0.339 e. The Morgan fingerprint density at radius 1 is 1.19 bits per heavy atom. The first-order valence-corrected chi connectivity index (χ1v) is 9.08. The van der Waals surface area contributed by atoms with Gasteiger partial charge in [0.25, 0.3) is 0 Å². The van der Waals surface area contributed by atoms with Gasteiger partial charge in [0.15, 0.2) is 0 Å². The van der Waals surface area contributed by atoms with Crippen LogP contribution in [0.15, 0.2) is 53.1 Å². The number of rotatable bonds is 5. The Morgan fingerprint density at radius 2 is 1.96 bits per heavy atom. The minimum absolute atomic E-state index is 0.0321. The molecule has 1 amide bonds. The van der Waals surface area contributed by atoms with E-state index in [0.717, 1.165) is 12.0 Å². The number of benzene rings is 2. The van der Waals surface area contributed by atoms with E-state index in [9.17, 15) is 9.18 Å². The van der Waals surface area contributed by atoms with Gasteiger partial charge in [0.05, 0.1) is 5.92 Å². The Hall–Kier alpha value is -3.02. The highest BCUT2D eigenvalue weighted by molar-refractivity contribution is 5.79. The summed E-state index contributed by atoms with van der Waals surface area (Å²) in [6.07, 6.45) is 1.27. The van der Waals surface area contributed by atoms with Crippen molar-refractivity contribution in [2.45, 2.75) is 32.2 Å². The largest absolute Gasteiger partial charge is 0.339 e. The molecule has 3 aromatic rings. The third kappa shape index (κ3) is 3.60. The molecule has 1 saturated heterocycles. The standard InChI is InChI=1S/C21H20FN3O2/c1-2-14-7-9-15(10-8-14)20-23-21(27-24-20)17-11-19(26)25(13-17)12-16-5-3-4-6-18(16)22/h3-10,17H,2,11-13H2,1H3. The van der Waals surface area contributed by atoms with E-state index >= 15 is 0 Å². The molecule has 0 bridgehead atoms. The lowest BCUT2D eigenvalue weighted by Gasteiger charge is -2.16. The van der Waals surface area contributed by atoms with Gasteiger partial charge in [0.1, 0.15) is 5.82 Å². The molecule has 2 aromatic carbocycles. The summed E-state index contributed by atoms with van der Waals surface area (Å²) in [6, 6.07) is 14.5. The SMILES string of the molecule is CCc1ccc(-c2noc(C3CC(=O)N(Cc4ccccc4F)C3)n2)cc1. The molecule has 1 aliphatic rings. The van der Waals surface area contributed by atoms with E-state index < -0.39 is 0 Å². The molecular weight excluding hydrogens is 345 g/mol. The van der Waals surface area contributed by atoms with Crippen molar-refractivity contribution >= 4 is 5.91 Å². The van der Waals surface area contributed by atoms with Gasteiger partial charge in [-0.25, -0.2) is 4.39 Å². The third-order valence-electron chi connectivity index (χ3n) is 4.94. The van der Waals surface area contributed by atoms with E-state index in [4.69, 9.17) is 4.52 Å². The number of hydrogen-bond donors (Lipinski definition) is 0. The summed E-state index contributed by atoms with van der Waals surface area (Å²) in [4.78, 5) is 18.5. The molecule has 0 saturated carbocycles. The lowest BCUT2D eigenvalue weighted by molar-refractivity contribution is -0.128. The zero-order valence-corrected chi connectivity index (χ0v) is 15.1. The van der Waals surface area contributed by atoms with Crippen LogP contribution in [-0.4, -0.2) is 27.5 Å². The van der Waals surface area contributed by atoms with Crippen molar-refractivity contribution in [3.8, 4) is 11.4 Å². The molecule has 1 atom stereocenters. The van der Waals surface area contributed by atoms with Crippen LogP contribution < -0.4 is 0 Å². The Labute approximate surface area is 156 Å². The zero-order valence-electron chi connectivity index (χ0n) is 15.1. The van der Waals surface area contributed by atoms with Gasteiger partial charge >= 0.3 is 0 Å². The molecule has 0 aliphatic carbocycles. The quantitative estimate of drug-likeness (QED) is 0.687. The zero-order chi connectivity index (χ0) is 18.8. The smallest absolute Gasteiger partial charge is 0.232 e. The van der Waals surface area contributed by atoms with Gasteiger partial charge in [-0.1, -0.05) is 54.5 Å². The maximum absolute atomic E-state index is 13.9. The maximum Gasteiger partial charge on any atom is 0.232 e. The molecule has 138 valence electrons. The van der Waals surface area contributed by atoms with Crippen molar-refractivity contribution < 1.29 is 13.7 Å². The molecule has 5 nitrogen and oxygen atoms in total. The highest BCUT2D eigenvalue weighted by Crippen LogP contribution is 2.30. The van der Waals surface area contributed by atoms with Gasteiger partial charge in [-0.15, -0.1) is 0 Å². The number of halogens is 1. The number of nitrogens with zero attached hydrogens (tertiary/aromatic N) is 3. The van der Waals surface area contributed by atoms with E-state index in [2.05, 4.69) is 17.1 Å². The number of carbonyl (C=O) groups is 1. The Kier molecular flexibility index (Phi) is 4.71. The molecule has 1 unspecified atom stereocenters. The number of likely N-dealkylation sites (tertiary alicyclic amines) is 1. The van der Waals surface area contributed by atoms with Crippen molar-refractivity contribution in [3.63, 3.8) is 0 Å². The van der Waals surface area contributed by atoms with Crippen molar-refractivity contribution in [2.75, 3.05) is 6.54 Å². The number of aromatic nitrogens is 2. The summed E-state index contributed by atoms with van der Waals surface area (Å²) >= 11 is 0. The number of amides is 1. The number of hydrogen-bond acceptors (Lipinski definition) is 4. The molecule has 1 aliphatic heterocycles. The monoisotopic (exact) mass is 365 g/mol. The molecule has 0 N–H and O–H groups in total. The second kappa shape index (κ2) is 7.31. The second-order valence-electron chi connectivity index (χ2n) is 6.77. The van der Waals surface area contributed by atoms with Crippen molar-refractivity contribution in [1.82, 2.24) is 15.0 Å². The number of aryl methyl sites for hydroxylation is 1. The fraction of sp³-hybridized carbons (Fsp3) is 0.286. The molecular formula is C21H20FN3O2. The fourth-order valence-corrected chi connectivity index (χ4v) is 3.33. The predicted molar refractivity (Wildman–Crippen MR) is 98.3 cm³/mol. The van der Waals surface area contributed by atoms with Crippen LogP contribution in [-0.2, 0) is 17.8 Å². The lowest BCUT2D eigenvalue weighted by Crippen LogP contribution is -2.24. The van der Waals surface area contributed by atoms with E-state index in [0.29, 0.717) is 30.2 Å². The molecule has 1 fully saturated rings. The summed E-state index contributed by atoms with van der Waals surface area (Å²) in [5.74, 6) is 0.474. The molecule has 1 aromatic heterocycles. The first kappa shape index (κ1) is 17.4. The van der Waals surface area contributed by atoms with Crippen LogP contribution in [0.2, 0.25) is 0 Å². The molecule has 27 heavy (non-hydrogen) atoms. The Balaban J connectivity index is 1.47. The predicted octanol–water partition coefficient (Wildman–Crippen LogP) is 3.95. The van der Waals surface area contributed by atoms with E-state index in [1.165, 1.54) is 11.6 Å². The first-order valence-electron chi connectivity index (χ1n) is 9.08. The number of carbonyl (C=O) groups excluding carboxylic acids is 1. The van der Waals surface area contributed by atoms with Gasteiger partial charge < -0.3 is 9.42 Å². The average molecular weight is 365 g/mol. The van der Waals surface area contributed by atoms with Crippen LogP contribution in [0.1, 0.15) is 36.3 Å². The Morgan fingerprint density at radius 3 is 2.70 bits per heavy atom. The van der Waals surface area contributed by atoms with Gasteiger partial charge in [0, 0.05) is 30.6 Å². The summed E-state index contributed by atoms with van der Waals surface area (Å²) in [5, 5.41) is 4.06. The van der Waals surface area contributed by atoms with Crippen molar-refractivity contribution in [2.24, 2.45) is 0 Å². The van der Waals surface area contributed by atoms with Crippen molar-refractivity contribution in [3.05, 3.63) is 71.4 Å². The van der Waals surface area contributed by atoms with E-state index in [1.54, 1.807) is 23.1 Å². The average Bonchev–Trinajstić information content (AvgIpc) is 3.31. The van der Waals surface area contributed by atoms with Crippen LogP contribution in [0.25, 0.3) is 11.4 Å². The van der Waals surface area contributed by atoms with E-state index in [1.807, 2.05) is 24.3 Å². The highest BCUT2D eigenvalue weighted by atomic mass is 19.1. The van der Waals surface area contributed by atoms with Crippen molar-refractivity contribution in [1.29, 1.82) is 0 Å². The molecule has 4 rings (SSSR count). The summed E-state index contributed by atoms with van der Waals surface area (Å²) in [7, 11) is 0. The molecule has 2 heterocycles. The van der Waals surface area contributed by atoms with E-state index in [-0.39, 0.29) is 24.2 Å². The van der Waals surface area contributed by atoms with Crippen LogP contribution in [0, 0.1) is 5.82 Å². The third-order valence-corrected chi connectivity index (χ3v) is 4.94. The van der Waals surface area contributed by atoms with Gasteiger partial charge in [-0.2, -0.15) is 4.98 Å². The van der Waals surface area contributed by atoms with Crippen LogP contribution in [0.5, 0.6) is 0 Å². The first-order chi connectivity index (χ1) is 13.1. The lowest BCUT2D eigenvalue weighted by atomic mass is 10.1. The van der Waals surface area contributed by atoms with Crippen LogP contribution in [0.4, 0.5) is 4.39 Å². The molecule has 0 spiro atoms. The molecule has 0 radical (unpaired) electrons. The topological polar surface area (TPSA) is 59.2 Å². The highest BCUT2D eigenvalue weighted by Gasteiger charge is 2.34. The second-order valence-corrected chi connectivity index (χ2v) is 6.77. The molecule has 6 heteroatoms. The summed E-state index contributed by atoms with van der Waals surface area (Å²) < 4.78 is 19.3. The van der Waals surface area contributed by atoms with Gasteiger partial charge in [0.2, 0.25) is 17.6 Å². The maximum atomic E-state index is 13.9. The Bertz CT molecular complexity index is 952. The summed E-state index contributed by atoms with van der Waals surface area (Å²) in [5.41, 5.74) is 2.64. The van der Waals surface area contributed by atoms with Gasteiger partial charge in [-0.05, 0) is 18.1 Å². The van der Waals surface area contributed by atoms with Gasteiger partial charge in [-0.3, -0.25) is 4.79 Å².